The van der Waals surface area contributed by atoms with Crippen LogP contribution in [0.15, 0.2) is 66.7 Å². The highest BCUT2D eigenvalue weighted by atomic mass is 32.2. The van der Waals surface area contributed by atoms with Crippen molar-refractivity contribution in [3.63, 3.8) is 0 Å². The average Bonchev–Trinajstić information content (AvgIpc) is 2.78. The van der Waals surface area contributed by atoms with Crippen molar-refractivity contribution in [1.29, 1.82) is 0 Å². The van der Waals surface area contributed by atoms with Crippen LogP contribution in [-0.2, 0) is 21.2 Å². The lowest BCUT2D eigenvalue weighted by Crippen LogP contribution is -2.38. The number of nitrogens with zero attached hydrogens (tertiary/aromatic N) is 1. The van der Waals surface area contributed by atoms with Gasteiger partial charge in [0.1, 0.15) is 6.54 Å². The normalized spacial score (nSPS) is 11.1. The molecule has 3 rings (SSSR count). The number of nitrogens with one attached hydrogen (secondary N) is 2. The fourth-order valence-corrected chi connectivity index (χ4v) is 5.07. The molecule has 0 heterocycles. The Kier molecular flexibility index (Phi) is 8.30. The highest BCUT2D eigenvalue weighted by Gasteiger charge is 2.25. The second kappa shape index (κ2) is 11.2. The van der Waals surface area contributed by atoms with Crippen LogP contribution in [0, 0.1) is 20.8 Å². The summed E-state index contributed by atoms with van der Waals surface area (Å²) < 4.78 is 26.3. The molecule has 2 N–H and O–H groups in total. The third-order valence-electron chi connectivity index (χ3n) is 5.56. The molecule has 0 radical (unpaired) electrons. The Bertz CT molecular complexity index is 1300. The lowest BCUT2D eigenvalue weighted by Gasteiger charge is -2.26. The Morgan fingerprint density at radius 2 is 1.49 bits per heavy atom. The number of benzene rings is 3. The van der Waals surface area contributed by atoms with Gasteiger partial charge in [-0.3, -0.25) is 13.9 Å². The molecular weight excluding hydrogens is 462 g/mol. The number of anilines is 2. The van der Waals surface area contributed by atoms with E-state index in [2.05, 4.69) is 10.6 Å². The molecular formula is C27H31N3O4S. The van der Waals surface area contributed by atoms with E-state index in [0.717, 1.165) is 32.8 Å². The smallest absolute Gasteiger partial charge is 0.253 e. The van der Waals surface area contributed by atoms with Crippen LogP contribution in [0.4, 0.5) is 11.4 Å². The van der Waals surface area contributed by atoms with Gasteiger partial charge >= 0.3 is 0 Å². The number of amides is 2. The monoisotopic (exact) mass is 493 g/mol. The summed E-state index contributed by atoms with van der Waals surface area (Å²) in [5, 5.41) is 5.59. The van der Waals surface area contributed by atoms with Crippen LogP contribution in [0.2, 0.25) is 0 Å². The predicted octanol–water partition coefficient (Wildman–Crippen LogP) is 3.99. The first kappa shape index (κ1) is 26.0. The van der Waals surface area contributed by atoms with Gasteiger partial charge in [0.15, 0.2) is 0 Å². The summed E-state index contributed by atoms with van der Waals surface area (Å²) in [5.74, 6) is -0.860. The zero-order chi connectivity index (χ0) is 25.6. The molecule has 7 nitrogen and oxygen atoms in total. The Labute approximate surface area is 207 Å². The van der Waals surface area contributed by atoms with Crippen LogP contribution < -0.4 is 14.9 Å². The minimum absolute atomic E-state index is 0.308. The van der Waals surface area contributed by atoms with Gasteiger partial charge < -0.3 is 10.6 Å². The van der Waals surface area contributed by atoms with Gasteiger partial charge in [-0.05, 0) is 56.0 Å². The van der Waals surface area contributed by atoms with Gasteiger partial charge in [0, 0.05) is 6.54 Å². The molecule has 0 saturated heterocycles. The highest BCUT2D eigenvalue weighted by molar-refractivity contribution is 7.92. The van der Waals surface area contributed by atoms with Gasteiger partial charge in [0.25, 0.3) is 5.91 Å². The summed E-state index contributed by atoms with van der Waals surface area (Å²) in [5.41, 5.74) is 4.76. The molecule has 0 saturated carbocycles. The molecule has 0 atom stereocenters. The number of hydrogen-bond acceptors (Lipinski definition) is 4. The van der Waals surface area contributed by atoms with Crippen molar-refractivity contribution in [2.24, 2.45) is 0 Å². The average molecular weight is 494 g/mol. The lowest BCUT2D eigenvalue weighted by molar-refractivity contribution is -0.114. The molecule has 0 bridgehead atoms. The standard InChI is InChI=1S/C27H31N3O4S/c1-19-16-20(2)26(21(3)17-19)30(35(4,33)34)18-25(31)29-24-13-9-8-12-23(24)27(32)28-15-14-22-10-6-5-7-11-22/h5-13,16-17H,14-15,18H2,1-4H3,(H,28,32)(H,29,31). The van der Waals surface area contributed by atoms with Gasteiger partial charge in [-0.25, -0.2) is 8.42 Å². The van der Waals surface area contributed by atoms with E-state index in [-0.39, 0.29) is 5.91 Å². The van der Waals surface area contributed by atoms with Crippen molar-refractivity contribution in [3.05, 3.63) is 94.5 Å². The van der Waals surface area contributed by atoms with Crippen molar-refractivity contribution in [3.8, 4) is 0 Å². The first-order valence-electron chi connectivity index (χ1n) is 11.3. The molecule has 0 spiro atoms. The SMILES string of the molecule is Cc1cc(C)c(N(CC(=O)Nc2ccccc2C(=O)NCCc2ccccc2)S(C)(=O)=O)c(C)c1. The fraction of sp³-hybridized carbons (Fsp3) is 0.259. The number of carbonyl (C=O) groups is 2. The van der Waals surface area contributed by atoms with Gasteiger partial charge in [0.2, 0.25) is 15.9 Å². The molecule has 3 aromatic rings. The Morgan fingerprint density at radius 3 is 2.11 bits per heavy atom. The van der Waals surface area contributed by atoms with Crippen LogP contribution in [0.25, 0.3) is 0 Å². The summed E-state index contributed by atoms with van der Waals surface area (Å²) in [6.07, 6.45) is 1.76. The van der Waals surface area contributed by atoms with Crippen LogP contribution in [0.1, 0.15) is 32.6 Å². The molecule has 35 heavy (non-hydrogen) atoms. The zero-order valence-electron chi connectivity index (χ0n) is 20.5. The van der Waals surface area contributed by atoms with E-state index >= 15 is 0 Å². The minimum atomic E-state index is -3.73. The number of aryl methyl sites for hydroxylation is 3. The summed E-state index contributed by atoms with van der Waals surface area (Å²) in [6, 6.07) is 20.2. The third kappa shape index (κ3) is 6.93. The van der Waals surface area contributed by atoms with E-state index in [1.807, 2.05) is 63.2 Å². The molecule has 3 aromatic carbocycles. The van der Waals surface area contributed by atoms with E-state index < -0.39 is 22.5 Å². The third-order valence-corrected chi connectivity index (χ3v) is 6.67. The van der Waals surface area contributed by atoms with Crippen molar-refractivity contribution >= 4 is 33.2 Å². The van der Waals surface area contributed by atoms with E-state index in [1.54, 1.807) is 24.3 Å². The maximum absolute atomic E-state index is 13.0. The van der Waals surface area contributed by atoms with E-state index in [1.165, 1.54) is 0 Å². The molecule has 0 aliphatic carbocycles. The van der Waals surface area contributed by atoms with Crippen molar-refractivity contribution in [2.45, 2.75) is 27.2 Å². The van der Waals surface area contributed by atoms with Crippen LogP contribution in [0.3, 0.4) is 0 Å². The topological polar surface area (TPSA) is 95.6 Å². The Hall–Kier alpha value is -3.65. The summed E-state index contributed by atoms with van der Waals surface area (Å²) in [6.45, 7) is 5.61. The van der Waals surface area contributed by atoms with E-state index in [9.17, 15) is 18.0 Å². The van der Waals surface area contributed by atoms with Crippen LogP contribution >= 0.6 is 0 Å². The molecule has 0 aliphatic rings. The van der Waals surface area contributed by atoms with Gasteiger partial charge in [-0.2, -0.15) is 0 Å². The molecule has 2 amide bonds. The predicted molar refractivity (Wildman–Crippen MR) is 140 cm³/mol. The molecule has 0 aliphatic heterocycles. The van der Waals surface area contributed by atoms with E-state index in [4.69, 9.17) is 0 Å². The minimum Gasteiger partial charge on any atom is -0.352 e. The first-order valence-corrected chi connectivity index (χ1v) is 13.2. The quantitative estimate of drug-likeness (QED) is 0.471. The zero-order valence-corrected chi connectivity index (χ0v) is 21.3. The van der Waals surface area contributed by atoms with Crippen molar-refractivity contribution in [1.82, 2.24) is 5.32 Å². The maximum Gasteiger partial charge on any atom is 0.253 e. The number of para-hydroxylation sites is 1. The maximum atomic E-state index is 13.0. The van der Waals surface area contributed by atoms with Gasteiger partial charge in [0.05, 0.1) is 23.2 Å². The number of carbonyl (C=O) groups excluding carboxylic acids is 2. The summed E-state index contributed by atoms with van der Waals surface area (Å²) in [4.78, 5) is 25.7. The summed E-state index contributed by atoms with van der Waals surface area (Å²) in [7, 11) is -3.73. The first-order chi connectivity index (χ1) is 16.6. The Morgan fingerprint density at radius 1 is 0.886 bits per heavy atom. The molecule has 8 heteroatoms. The van der Waals surface area contributed by atoms with Gasteiger partial charge in [-0.1, -0.05) is 60.2 Å². The van der Waals surface area contributed by atoms with Crippen LogP contribution in [0.5, 0.6) is 0 Å². The molecule has 184 valence electrons. The second-order valence-corrected chi connectivity index (χ2v) is 10.5. The lowest BCUT2D eigenvalue weighted by atomic mass is 10.1. The Balaban J connectivity index is 1.74. The van der Waals surface area contributed by atoms with Crippen LogP contribution in [-0.4, -0.2) is 39.6 Å². The number of rotatable bonds is 9. The second-order valence-electron chi connectivity index (χ2n) is 8.60. The van der Waals surface area contributed by atoms with Gasteiger partial charge in [-0.15, -0.1) is 0 Å². The fourth-order valence-electron chi connectivity index (χ4n) is 4.10. The molecule has 0 unspecified atom stereocenters. The highest BCUT2D eigenvalue weighted by Crippen LogP contribution is 2.28. The largest absolute Gasteiger partial charge is 0.352 e. The number of hydrogen-bond donors (Lipinski definition) is 2. The molecule has 0 fully saturated rings. The number of sulfonamides is 1. The van der Waals surface area contributed by atoms with Crippen molar-refractivity contribution in [2.75, 3.05) is 29.0 Å². The molecule has 0 aromatic heterocycles. The summed E-state index contributed by atoms with van der Waals surface area (Å²) >= 11 is 0. The van der Waals surface area contributed by atoms with E-state index in [0.29, 0.717) is 29.9 Å². The van der Waals surface area contributed by atoms with Crippen molar-refractivity contribution < 1.29 is 18.0 Å².